The van der Waals surface area contributed by atoms with Crippen LogP contribution in [0.15, 0.2) is 65.9 Å². The Labute approximate surface area is 162 Å². The molecular formula is C21H19N3O4. The number of urea groups is 1. The van der Waals surface area contributed by atoms with Crippen LogP contribution in [0, 0.1) is 11.3 Å². The van der Waals surface area contributed by atoms with E-state index in [1.807, 2.05) is 30.3 Å². The highest BCUT2D eigenvalue weighted by atomic mass is 16.5. The predicted molar refractivity (Wildman–Crippen MR) is 101 cm³/mol. The summed E-state index contributed by atoms with van der Waals surface area (Å²) in [6.07, 6.45) is 0. The third-order valence-corrected chi connectivity index (χ3v) is 4.49. The number of likely N-dealkylation sites (N-methyl/N-ethyl adjacent to an activating group) is 1. The summed E-state index contributed by atoms with van der Waals surface area (Å²) >= 11 is 0. The number of nitrogens with zero attached hydrogens (tertiary/aromatic N) is 2. The zero-order valence-corrected chi connectivity index (χ0v) is 15.5. The first-order valence-corrected chi connectivity index (χ1v) is 8.59. The maximum absolute atomic E-state index is 12.6. The van der Waals surface area contributed by atoms with Crippen molar-refractivity contribution in [2.75, 3.05) is 20.8 Å². The first kappa shape index (κ1) is 19.0. The molecule has 1 aliphatic heterocycles. The van der Waals surface area contributed by atoms with Crippen LogP contribution in [0.2, 0.25) is 0 Å². The van der Waals surface area contributed by atoms with Crippen LogP contribution >= 0.6 is 0 Å². The zero-order valence-electron chi connectivity index (χ0n) is 15.5. The Hall–Kier alpha value is -3.79. The molecule has 0 saturated heterocycles. The molecule has 3 rings (SSSR count). The second kappa shape index (κ2) is 8.27. The molecule has 2 aromatic carbocycles. The van der Waals surface area contributed by atoms with E-state index in [1.54, 1.807) is 31.3 Å². The minimum atomic E-state index is -0.665. The van der Waals surface area contributed by atoms with Crippen LogP contribution in [-0.2, 0) is 9.53 Å². The zero-order chi connectivity index (χ0) is 20.1. The molecule has 0 bridgehead atoms. The lowest BCUT2D eigenvalue weighted by Crippen LogP contribution is -2.48. The van der Waals surface area contributed by atoms with E-state index in [9.17, 15) is 14.9 Å². The number of carbonyl (C=O) groups is 2. The van der Waals surface area contributed by atoms with Crippen LogP contribution in [0.1, 0.15) is 17.2 Å². The van der Waals surface area contributed by atoms with Gasteiger partial charge in [-0.2, -0.15) is 5.26 Å². The monoisotopic (exact) mass is 377 g/mol. The van der Waals surface area contributed by atoms with Gasteiger partial charge in [-0.15, -0.1) is 0 Å². The summed E-state index contributed by atoms with van der Waals surface area (Å²) in [6, 6.07) is 17.0. The highest BCUT2D eigenvalue weighted by Gasteiger charge is 2.36. The quantitative estimate of drug-likeness (QED) is 0.809. The first-order chi connectivity index (χ1) is 13.6. The van der Waals surface area contributed by atoms with Gasteiger partial charge in [0.15, 0.2) is 0 Å². The summed E-state index contributed by atoms with van der Waals surface area (Å²) in [4.78, 5) is 26.4. The smallest absolute Gasteiger partial charge is 0.338 e. The van der Waals surface area contributed by atoms with Crippen molar-refractivity contribution in [2.45, 2.75) is 6.04 Å². The minimum absolute atomic E-state index is 0.0730. The van der Waals surface area contributed by atoms with E-state index in [4.69, 9.17) is 9.47 Å². The Morgan fingerprint density at radius 2 is 1.86 bits per heavy atom. The molecule has 1 N–H and O–H groups in total. The van der Waals surface area contributed by atoms with Crippen LogP contribution in [0.5, 0.6) is 5.75 Å². The van der Waals surface area contributed by atoms with E-state index in [1.165, 1.54) is 12.0 Å². The number of nitrogens with one attached hydrogen (secondary N) is 1. The number of carbonyl (C=O) groups excluding carboxylic acids is 2. The Morgan fingerprint density at radius 1 is 1.18 bits per heavy atom. The molecule has 1 atom stereocenters. The highest BCUT2D eigenvalue weighted by Crippen LogP contribution is 2.31. The topological polar surface area (TPSA) is 91.7 Å². The maximum atomic E-state index is 12.6. The normalized spacial score (nSPS) is 16.2. The van der Waals surface area contributed by atoms with Gasteiger partial charge in [-0.1, -0.05) is 42.5 Å². The van der Waals surface area contributed by atoms with E-state index in [-0.39, 0.29) is 18.2 Å². The van der Waals surface area contributed by atoms with Crippen molar-refractivity contribution in [1.82, 2.24) is 10.2 Å². The van der Waals surface area contributed by atoms with Crippen LogP contribution in [-0.4, -0.2) is 37.7 Å². The third kappa shape index (κ3) is 3.67. The van der Waals surface area contributed by atoms with Crippen molar-refractivity contribution in [3.63, 3.8) is 0 Å². The van der Waals surface area contributed by atoms with Crippen molar-refractivity contribution < 1.29 is 19.1 Å². The van der Waals surface area contributed by atoms with Crippen molar-refractivity contribution in [3.05, 3.63) is 77.0 Å². The average molecular weight is 377 g/mol. The van der Waals surface area contributed by atoms with Gasteiger partial charge in [0, 0.05) is 7.05 Å². The molecular weight excluding hydrogens is 358 g/mol. The lowest BCUT2D eigenvalue weighted by molar-refractivity contribution is -0.136. The Kier molecular flexibility index (Phi) is 5.61. The Bertz CT molecular complexity index is 963. The largest absolute Gasteiger partial charge is 0.486 e. The molecule has 142 valence electrons. The van der Waals surface area contributed by atoms with Gasteiger partial charge < -0.3 is 14.8 Å². The average Bonchev–Trinajstić information content (AvgIpc) is 2.74. The number of methoxy groups -OCH3 is 1. The van der Waals surface area contributed by atoms with Gasteiger partial charge >= 0.3 is 12.0 Å². The summed E-state index contributed by atoms with van der Waals surface area (Å²) in [7, 11) is 2.84. The third-order valence-electron chi connectivity index (χ3n) is 4.49. The van der Waals surface area contributed by atoms with Crippen molar-refractivity contribution in [1.29, 1.82) is 5.26 Å². The number of hydrogen-bond acceptors (Lipinski definition) is 5. The Balaban J connectivity index is 2.03. The van der Waals surface area contributed by atoms with Crippen molar-refractivity contribution in [2.24, 2.45) is 0 Å². The number of para-hydroxylation sites is 1. The molecule has 0 saturated carbocycles. The summed E-state index contributed by atoms with van der Waals surface area (Å²) < 4.78 is 10.8. The molecule has 1 aliphatic rings. The lowest BCUT2D eigenvalue weighted by Gasteiger charge is -2.34. The number of nitriles is 1. The van der Waals surface area contributed by atoms with E-state index < -0.39 is 12.0 Å². The second-order valence-electron chi connectivity index (χ2n) is 6.10. The fourth-order valence-corrected chi connectivity index (χ4v) is 3.01. The van der Waals surface area contributed by atoms with Crippen LogP contribution in [0.25, 0.3) is 0 Å². The van der Waals surface area contributed by atoms with Crippen molar-refractivity contribution in [3.8, 4) is 11.8 Å². The lowest BCUT2D eigenvalue weighted by atomic mass is 9.95. The van der Waals surface area contributed by atoms with Gasteiger partial charge in [0.2, 0.25) is 0 Å². The predicted octanol–water partition coefficient (Wildman–Crippen LogP) is 2.76. The molecule has 0 aromatic heterocycles. The number of hydrogen-bond donors (Lipinski definition) is 1. The van der Waals surface area contributed by atoms with Crippen molar-refractivity contribution >= 4 is 12.0 Å². The molecule has 2 aromatic rings. The fourth-order valence-electron chi connectivity index (χ4n) is 3.01. The number of esters is 1. The molecule has 1 unspecified atom stereocenters. The van der Waals surface area contributed by atoms with Gasteiger partial charge in [0.25, 0.3) is 0 Å². The molecule has 7 heteroatoms. The first-order valence-electron chi connectivity index (χ1n) is 8.59. The van der Waals surface area contributed by atoms with Crippen LogP contribution < -0.4 is 10.1 Å². The number of amides is 2. The van der Waals surface area contributed by atoms with Gasteiger partial charge in [-0.05, 0) is 17.7 Å². The second-order valence-corrected chi connectivity index (χ2v) is 6.10. The molecule has 28 heavy (non-hydrogen) atoms. The number of ether oxygens (including phenoxy) is 2. The molecule has 0 aliphatic carbocycles. The van der Waals surface area contributed by atoms with E-state index in [0.29, 0.717) is 17.0 Å². The summed E-state index contributed by atoms with van der Waals surface area (Å²) in [5, 5.41) is 12.0. The molecule has 2 amide bonds. The van der Waals surface area contributed by atoms with Gasteiger partial charge in [-0.25, -0.2) is 9.59 Å². The maximum Gasteiger partial charge on any atom is 0.338 e. The molecule has 0 spiro atoms. The van der Waals surface area contributed by atoms with Gasteiger partial charge in [0.1, 0.15) is 18.4 Å². The highest BCUT2D eigenvalue weighted by molar-refractivity contribution is 5.95. The number of benzene rings is 2. The van der Waals surface area contributed by atoms with Gasteiger partial charge in [-0.3, -0.25) is 4.90 Å². The summed E-state index contributed by atoms with van der Waals surface area (Å²) in [6.45, 7) is -0.0730. The summed E-state index contributed by atoms with van der Waals surface area (Å²) in [5.41, 5.74) is 1.77. The van der Waals surface area contributed by atoms with Gasteiger partial charge in [0.05, 0.1) is 30.0 Å². The van der Waals surface area contributed by atoms with E-state index >= 15 is 0 Å². The minimum Gasteiger partial charge on any atom is -0.486 e. The fraction of sp³-hybridized carbons (Fsp3) is 0.190. The molecule has 0 radical (unpaired) electrons. The molecule has 7 nitrogen and oxygen atoms in total. The Morgan fingerprint density at radius 3 is 2.54 bits per heavy atom. The SMILES string of the molecule is COC(=O)C1=C(COc2ccccc2C#N)N(C)C(=O)NC1c1ccccc1. The number of rotatable bonds is 5. The summed E-state index contributed by atoms with van der Waals surface area (Å²) in [5.74, 6) is -0.190. The van der Waals surface area contributed by atoms with E-state index in [2.05, 4.69) is 11.4 Å². The molecule has 0 fully saturated rings. The van der Waals surface area contributed by atoms with E-state index in [0.717, 1.165) is 5.56 Å². The van der Waals surface area contributed by atoms with Crippen LogP contribution in [0.3, 0.4) is 0 Å². The molecule has 1 heterocycles. The van der Waals surface area contributed by atoms with Crippen LogP contribution in [0.4, 0.5) is 4.79 Å². The standard InChI is InChI=1S/C21H19N3O4/c1-24-16(13-28-17-11-7-6-10-15(17)12-22)18(20(25)27-2)19(23-21(24)26)14-8-4-3-5-9-14/h3-11,19H,13H2,1-2H3,(H,23,26).